The van der Waals surface area contributed by atoms with Gasteiger partial charge in [0.15, 0.2) is 0 Å². The Balaban J connectivity index is 1.55. The molecule has 2 aromatic heterocycles. The zero-order valence-electron chi connectivity index (χ0n) is 24.9. The Morgan fingerprint density at radius 3 is 2.58 bits per heavy atom. The number of aromatic nitrogens is 3. The summed E-state index contributed by atoms with van der Waals surface area (Å²) in [5.74, 6) is 0.361. The molecule has 1 aliphatic rings. The third-order valence-corrected chi connectivity index (χ3v) is 8.45. The molecule has 1 amide bonds. The third-order valence-electron chi connectivity index (χ3n) is 8.04. The maximum Gasteiger partial charge on any atom is 0.330 e. The lowest BCUT2D eigenvalue weighted by molar-refractivity contribution is 0.102. The SMILES string of the molecule is CCc1c(NC(=O)c2cn(CC(C)O)c(=O)n(C)c2=O)cccc1-c1cccc(-c2cc3c(c(OC)n2)C(C)CC3)c1Cl. The van der Waals surface area contributed by atoms with Gasteiger partial charge in [0.1, 0.15) is 5.56 Å². The number of hydrogen-bond acceptors (Lipinski definition) is 6. The van der Waals surface area contributed by atoms with Gasteiger partial charge in [-0.25, -0.2) is 9.78 Å². The molecule has 0 saturated carbocycles. The number of amides is 1. The van der Waals surface area contributed by atoms with Crippen LogP contribution in [-0.2, 0) is 26.4 Å². The number of carbonyl (C=O) groups excluding carboxylic acids is 1. The van der Waals surface area contributed by atoms with Gasteiger partial charge in [-0.15, -0.1) is 0 Å². The summed E-state index contributed by atoms with van der Waals surface area (Å²) in [5.41, 5.74) is 5.32. The van der Waals surface area contributed by atoms with Crippen molar-refractivity contribution in [2.75, 3.05) is 12.4 Å². The molecule has 2 N–H and O–H groups in total. The molecule has 2 atom stereocenters. The van der Waals surface area contributed by atoms with Gasteiger partial charge in [0.05, 0.1) is 30.5 Å². The molecule has 2 unspecified atom stereocenters. The number of anilines is 1. The molecule has 4 aromatic rings. The number of hydrogen-bond donors (Lipinski definition) is 2. The lowest BCUT2D eigenvalue weighted by Gasteiger charge is -2.18. The first-order valence-corrected chi connectivity index (χ1v) is 14.7. The van der Waals surface area contributed by atoms with Crippen LogP contribution in [0.4, 0.5) is 5.69 Å². The van der Waals surface area contributed by atoms with Crippen LogP contribution in [0, 0.1) is 0 Å². The molecule has 5 rings (SSSR count). The molecule has 43 heavy (non-hydrogen) atoms. The highest BCUT2D eigenvalue weighted by Crippen LogP contribution is 2.43. The van der Waals surface area contributed by atoms with E-state index >= 15 is 0 Å². The fraction of sp³-hybridized carbons (Fsp3) is 0.333. The number of ether oxygens (including phenoxy) is 1. The summed E-state index contributed by atoms with van der Waals surface area (Å²) in [5, 5.41) is 13.2. The van der Waals surface area contributed by atoms with Gasteiger partial charge in [-0.1, -0.05) is 55.8 Å². The fourth-order valence-corrected chi connectivity index (χ4v) is 6.21. The smallest absolute Gasteiger partial charge is 0.330 e. The van der Waals surface area contributed by atoms with Gasteiger partial charge >= 0.3 is 5.69 Å². The minimum Gasteiger partial charge on any atom is -0.481 e. The molecule has 0 spiro atoms. The van der Waals surface area contributed by atoms with Crippen molar-refractivity contribution >= 4 is 23.2 Å². The van der Waals surface area contributed by atoms with E-state index in [1.54, 1.807) is 13.2 Å². The Kier molecular flexibility index (Phi) is 8.57. The second-order valence-electron chi connectivity index (χ2n) is 11.0. The van der Waals surface area contributed by atoms with Crippen molar-refractivity contribution in [2.45, 2.75) is 58.6 Å². The number of benzene rings is 2. The number of aliphatic hydroxyl groups excluding tert-OH is 1. The summed E-state index contributed by atoms with van der Waals surface area (Å²) < 4.78 is 7.69. The lowest BCUT2D eigenvalue weighted by Crippen LogP contribution is -2.42. The lowest BCUT2D eigenvalue weighted by atomic mass is 9.94. The Morgan fingerprint density at radius 1 is 1.19 bits per heavy atom. The van der Waals surface area contributed by atoms with Crippen LogP contribution in [0.5, 0.6) is 5.88 Å². The van der Waals surface area contributed by atoms with Crippen molar-refractivity contribution in [3.63, 3.8) is 0 Å². The number of rotatable bonds is 8. The molecule has 0 fully saturated rings. The summed E-state index contributed by atoms with van der Waals surface area (Å²) in [4.78, 5) is 43.5. The highest BCUT2D eigenvalue weighted by molar-refractivity contribution is 6.36. The van der Waals surface area contributed by atoms with Gasteiger partial charge in [0.25, 0.3) is 11.5 Å². The number of aryl methyl sites for hydroxylation is 1. The zero-order chi connectivity index (χ0) is 31.0. The van der Waals surface area contributed by atoms with E-state index in [-0.39, 0.29) is 12.1 Å². The molecule has 0 radical (unpaired) electrons. The van der Waals surface area contributed by atoms with Crippen LogP contribution in [0.15, 0.2) is 58.3 Å². The first kappa shape index (κ1) is 30.3. The molecule has 0 aliphatic heterocycles. The van der Waals surface area contributed by atoms with Crippen molar-refractivity contribution < 1.29 is 14.6 Å². The molecule has 224 valence electrons. The number of pyridine rings is 1. The van der Waals surface area contributed by atoms with E-state index in [2.05, 4.69) is 18.3 Å². The second-order valence-corrected chi connectivity index (χ2v) is 11.4. The standard InChI is InChI=1S/C33H35ClN4O5/c1-6-21-22(9-8-12-26(21)35-30(40)25-17-38(16-19(3)39)33(42)37(4)32(25)41)23-10-7-11-24(29(23)34)27-15-20-14-13-18(2)28(20)31(36-27)43-5/h7-12,15,17-19,39H,6,13-14,16H2,1-5H3,(H,35,40). The minimum atomic E-state index is -0.841. The molecule has 9 nitrogen and oxygen atoms in total. The van der Waals surface area contributed by atoms with E-state index in [1.807, 2.05) is 37.3 Å². The summed E-state index contributed by atoms with van der Waals surface area (Å²) in [7, 11) is 2.94. The minimum absolute atomic E-state index is 0.0538. The Bertz CT molecular complexity index is 1840. The molecule has 10 heteroatoms. The number of methoxy groups -OCH3 is 1. The van der Waals surface area contributed by atoms with E-state index in [9.17, 15) is 19.5 Å². The van der Waals surface area contributed by atoms with Crippen LogP contribution in [0.2, 0.25) is 5.02 Å². The molecule has 2 heterocycles. The second kappa shape index (κ2) is 12.2. The van der Waals surface area contributed by atoms with Gasteiger partial charge in [0, 0.05) is 35.6 Å². The molecule has 0 bridgehead atoms. The number of carbonyl (C=O) groups is 1. The highest BCUT2D eigenvalue weighted by atomic mass is 35.5. The maximum absolute atomic E-state index is 13.4. The Hall–Kier alpha value is -4.21. The largest absolute Gasteiger partial charge is 0.481 e. The van der Waals surface area contributed by atoms with E-state index in [0.29, 0.717) is 28.9 Å². The van der Waals surface area contributed by atoms with E-state index in [1.165, 1.54) is 25.7 Å². The van der Waals surface area contributed by atoms with Crippen LogP contribution < -0.4 is 21.3 Å². The average molecular weight is 603 g/mol. The van der Waals surface area contributed by atoms with Crippen LogP contribution in [-0.4, -0.2) is 38.3 Å². The molecular formula is C33H35ClN4O5. The first-order valence-electron chi connectivity index (χ1n) is 14.3. The fourth-order valence-electron chi connectivity index (χ4n) is 5.89. The Morgan fingerprint density at radius 2 is 1.88 bits per heavy atom. The van der Waals surface area contributed by atoms with E-state index in [4.69, 9.17) is 21.3 Å². The van der Waals surface area contributed by atoms with E-state index in [0.717, 1.165) is 55.5 Å². The summed E-state index contributed by atoms with van der Waals surface area (Å²) in [6.45, 7) is 5.63. The van der Waals surface area contributed by atoms with Gasteiger partial charge in [-0.3, -0.25) is 18.7 Å². The number of aliphatic hydroxyl groups is 1. The van der Waals surface area contributed by atoms with Crippen LogP contribution in [0.3, 0.4) is 0 Å². The zero-order valence-corrected chi connectivity index (χ0v) is 25.7. The molecule has 0 saturated heterocycles. The van der Waals surface area contributed by atoms with Crippen molar-refractivity contribution in [3.8, 4) is 28.3 Å². The van der Waals surface area contributed by atoms with Crippen molar-refractivity contribution in [2.24, 2.45) is 7.05 Å². The van der Waals surface area contributed by atoms with Crippen molar-refractivity contribution in [1.29, 1.82) is 0 Å². The maximum atomic E-state index is 13.4. The molecular weight excluding hydrogens is 568 g/mol. The van der Waals surface area contributed by atoms with Gasteiger partial charge in [-0.2, -0.15) is 0 Å². The summed E-state index contributed by atoms with van der Waals surface area (Å²) >= 11 is 7.08. The predicted octanol–water partition coefficient (Wildman–Crippen LogP) is 5.18. The van der Waals surface area contributed by atoms with Gasteiger partial charge in [-0.05, 0) is 60.9 Å². The van der Waals surface area contributed by atoms with Gasteiger partial charge < -0.3 is 15.2 Å². The van der Waals surface area contributed by atoms with Gasteiger partial charge in [0.2, 0.25) is 5.88 Å². The number of nitrogens with one attached hydrogen (secondary N) is 1. The third kappa shape index (κ3) is 5.62. The number of fused-ring (bicyclic) bond motifs is 1. The van der Waals surface area contributed by atoms with Crippen LogP contribution in [0.1, 0.15) is 60.2 Å². The van der Waals surface area contributed by atoms with Crippen molar-refractivity contribution in [3.05, 3.63) is 96.8 Å². The monoisotopic (exact) mass is 602 g/mol. The first-order chi connectivity index (χ1) is 20.5. The average Bonchev–Trinajstić information content (AvgIpc) is 3.37. The normalized spacial score (nSPS) is 14.8. The quantitative estimate of drug-likeness (QED) is 0.287. The number of nitrogens with zero attached hydrogens (tertiary/aromatic N) is 3. The van der Waals surface area contributed by atoms with Crippen LogP contribution in [0.25, 0.3) is 22.4 Å². The topological polar surface area (TPSA) is 115 Å². The predicted molar refractivity (Wildman–Crippen MR) is 168 cm³/mol. The number of halogens is 1. The van der Waals surface area contributed by atoms with Crippen LogP contribution >= 0.6 is 11.6 Å². The molecule has 1 aliphatic carbocycles. The highest BCUT2D eigenvalue weighted by Gasteiger charge is 2.26. The van der Waals surface area contributed by atoms with E-state index < -0.39 is 23.3 Å². The summed E-state index contributed by atoms with van der Waals surface area (Å²) in [6.07, 6.45) is 2.93. The Labute approximate surface area is 254 Å². The summed E-state index contributed by atoms with van der Waals surface area (Å²) in [6, 6.07) is 13.4. The van der Waals surface area contributed by atoms with Crippen molar-refractivity contribution in [1.82, 2.24) is 14.1 Å². The molecule has 2 aromatic carbocycles.